The minimum Gasteiger partial charge on any atom is -0.468 e. The zero-order valence-electron chi connectivity index (χ0n) is 15.0. The van der Waals surface area contributed by atoms with E-state index in [1.165, 1.54) is 6.07 Å². The number of nitrogens with zero attached hydrogens (tertiary/aromatic N) is 1. The number of alkyl halides is 3. The van der Waals surface area contributed by atoms with Gasteiger partial charge < -0.3 is 14.5 Å². The van der Waals surface area contributed by atoms with Gasteiger partial charge in [0.25, 0.3) is 5.91 Å². The number of sulfone groups is 1. The van der Waals surface area contributed by atoms with Crippen LogP contribution in [0.3, 0.4) is 0 Å². The van der Waals surface area contributed by atoms with Crippen molar-refractivity contribution >= 4 is 32.4 Å². The predicted octanol–water partition coefficient (Wildman–Crippen LogP) is 3.57. The Labute approximate surface area is 163 Å². The van der Waals surface area contributed by atoms with Crippen LogP contribution in [0, 0.1) is 0 Å². The molecule has 3 rings (SSSR count). The Morgan fingerprint density at radius 1 is 1.21 bits per heavy atom. The molecule has 1 N–H and O–H groups in total. The van der Waals surface area contributed by atoms with Crippen molar-refractivity contribution in [3.8, 4) is 5.88 Å². The van der Waals surface area contributed by atoms with E-state index in [1.807, 2.05) is 0 Å². The van der Waals surface area contributed by atoms with E-state index >= 15 is 0 Å². The maximum absolute atomic E-state index is 12.6. The van der Waals surface area contributed by atoms with Gasteiger partial charge in [0.2, 0.25) is 5.88 Å². The second-order valence-corrected chi connectivity index (χ2v) is 8.36. The fourth-order valence-corrected chi connectivity index (χ4v) is 3.38. The second kappa shape index (κ2) is 7.74. The largest absolute Gasteiger partial charge is 0.468 e. The van der Waals surface area contributed by atoms with Crippen molar-refractivity contribution in [1.29, 1.82) is 0 Å². The number of furan rings is 1. The number of pyridine rings is 1. The van der Waals surface area contributed by atoms with Crippen LogP contribution in [0.15, 0.2) is 47.0 Å². The summed E-state index contributed by atoms with van der Waals surface area (Å²) >= 11 is 0. The molecule has 0 spiro atoms. The lowest BCUT2D eigenvalue weighted by Crippen LogP contribution is -2.19. The van der Waals surface area contributed by atoms with Crippen LogP contribution in [0.25, 0.3) is 11.0 Å². The molecule has 0 saturated heterocycles. The van der Waals surface area contributed by atoms with Crippen LogP contribution in [0.1, 0.15) is 16.1 Å². The van der Waals surface area contributed by atoms with Gasteiger partial charge >= 0.3 is 6.18 Å². The van der Waals surface area contributed by atoms with Gasteiger partial charge in [0.15, 0.2) is 22.2 Å². The third kappa shape index (κ3) is 5.47. The lowest BCUT2D eigenvalue weighted by Gasteiger charge is -2.09. The standard InChI is InChI=1S/C18H15F3N2O5S/c1-29(25,26)9-13-12-4-2-3-5-14(12)28-16(13)17(24)23-11-6-7-15(22-8-11)27-10-18(19,20)21/h2-8H,9-10H2,1H3,(H,23,24). The van der Waals surface area contributed by atoms with Crippen LogP contribution in [-0.2, 0) is 15.6 Å². The molecule has 0 aliphatic rings. The number of hydrogen-bond acceptors (Lipinski definition) is 6. The molecule has 1 amide bonds. The summed E-state index contributed by atoms with van der Waals surface area (Å²) in [5.41, 5.74) is 0.740. The fraction of sp³-hybridized carbons (Fsp3) is 0.222. The first kappa shape index (κ1) is 20.6. The number of benzene rings is 1. The number of ether oxygens (including phenoxy) is 1. The highest BCUT2D eigenvalue weighted by atomic mass is 32.2. The first-order valence-electron chi connectivity index (χ1n) is 8.17. The first-order valence-corrected chi connectivity index (χ1v) is 10.2. The lowest BCUT2D eigenvalue weighted by atomic mass is 10.1. The van der Waals surface area contributed by atoms with E-state index in [9.17, 15) is 26.4 Å². The number of amides is 1. The summed E-state index contributed by atoms with van der Waals surface area (Å²) in [6.45, 7) is -1.49. The van der Waals surface area contributed by atoms with Crippen molar-refractivity contribution in [2.24, 2.45) is 0 Å². The van der Waals surface area contributed by atoms with E-state index < -0.39 is 34.3 Å². The Balaban J connectivity index is 1.82. The third-order valence-corrected chi connectivity index (χ3v) is 4.50. The van der Waals surface area contributed by atoms with Crippen molar-refractivity contribution < 1.29 is 35.5 Å². The summed E-state index contributed by atoms with van der Waals surface area (Å²) in [5.74, 6) is -1.55. The Bertz CT molecular complexity index is 1140. The van der Waals surface area contributed by atoms with Gasteiger partial charge in [0, 0.05) is 23.3 Å². The van der Waals surface area contributed by atoms with E-state index in [-0.39, 0.29) is 22.9 Å². The van der Waals surface area contributed by atoms with Crippen molar-refractivity contribution in [1.82, 2.24) is 4.98 Å². The Kier molecular flexibility index (Phi) is 5.51. The molecule has 7 nitrogen and oxygen atoms in total. The van der Waals surface area contributed by atoms with Gasteiger partial charge in [-0.05, 0) is 12.1 Å². The van der Waals surface area contributed by atoms with Crippen LogP contribution in [0.4, 0.5) is 18.9 Å². The van der Waals surface area contributed by atoms with E-state index in [1.54, 1.807) is 24.3 Å². The van der Waals surface area contributed by atoms with E-state index in [0.717, 1.165) is 18.5 Å². The average Bonchev–Trinajstić information content (AvgIpc) is 2.98. The van der Waals surface area contributed by atoms with Crippen LogP contribution in [0.5, 0.6) is 5.88 Å². The van der Waals surface area contributed by atoms with Gasteiger partial charge in [-0.3, -0.25) is 4.79 Å². The van der Waals surface area contributed by atoms with Crippen LogP contribution in [0.2, 0.25) is 0 Å². The number of nitrogens with one attached hydrogen (secondary N) is 1. The highest BCUT2D eigenvalue weighted by Gasteiger charge is 2.28. The zero-order valence-corrected chi connectivity index (χ0v) is 15.8. The zero-order chi connectivity index (χ0) is 21.2. The maximum atomic E-state index is 12.6. The van der Waals surface area contributed by atoms with E-state index in [2.05, 4.69) is 15.0 Å². The Hall–Kier alpha value is -3.08. The summed E-state index contributed by atoms with van der Waals surface area (Å²) in [4.78, 5) is 16.3. The number of hydrogen-bond donors (Lipinski definition) is 1. The summed E-state index contributed by atoms with van der Waals surface area (Å²) in [6, 6.07) is 9.08. The van der Waals surface area contributed by atoms with Crippen molar-refractivity contribution in [2.75, 3.05) is 18.2 Å². The molecule has 0 fully saturated rings. The highest BCUT2D eigenvalue weighted by Crippen LogP contribution is 2.28. The molecular formula is C18H15F3N2O5S. The van der Waals surface area contributed by atoms with Gasteiger partial charge in [0.05, 0.1) is 17.6 Å². The number of halogens is 3. The van der Waals surface area contributed by atoms with Crippen LogP contribution >= 0.6 is 0 Å². The van der Waals surface area contributed by atoms with Gasteiger partial charge in [-0.15, -0.1) is 0 Å². The van der Waals surface area contributed by atoms with Crippen LogP contribution in [-0.4, -0.2) is 38.3 Å². The fourth-order valence-electron chi connectivity index (χ4n) is 2.57. The molecule has 154 valence electrons. The summed E-state index contributed by atoms with van der Waals surface area (Å²) < 4.78 is 70.0. The summed E-state index contributed by atoms with van der Waals surface area (Å²) in [7, 11) is -3.45. The molecule has 2 heterocycles. The van der Waals surface area contributed by atoms with E-state index in [4.69, 9.17) is 4.42 Å². The highest BCUT2D eigenvalue weighted by molar-refractivity contribution is 7.89. The minimum atomic E-state index is -4.49. The SMILES string of the molecule is CS(=O)(=O)Cc1c(C(=O)Nc2ccc(OCC(F)(F)F)nc2)oc2ccccc12. The molecule has 0 aliphatic carbocycles. The monoisotopic (exact) mass is 428 g/mol. The number of aromatic nitrogens is 1. The van der Waals surface area contributed by atoms with Crippen LogP contribution < -0.4 is 10.1 Å². The summed E-state index contributed by atoms with van der Waals surface area (Å²) in [6.07, 6.45) is -2.34. The molecule has 0 saturated carbocycles. The molecule has 29 heavy (non-hydrogen) atoms. The first-order chi connectivity index (χ1) is 13.5. The smallest absolute Gasteiger partial charge is 0.422 e. The van der Waals surface area contributed by atoms with Gasteiger partial charge in [-0.2, -0.15) is 13.2 Å². The lowest BCUT2D eigenvalue weighted by molar-refractivity contribution is -0.154. The molecule has 0 bridgehead atoms. The Morgan fingerprint density at radius 2 is 1.93 bits per heavy atom. The topological polar surface area (TPSA) is 98.5 Å². The number of anilines is 1. The van der Waals surface area contributed by atoms with Gasteiger partial charge in [0.1, 0.15) is 5.58 Å². The minimum absolute atomic E-state index is 0.167. The molecule has 0 radical (unpaired) electrons. The molecule has 1 aromatic carbocycles. The van der Waals surface area contributed by atoms with Crippen molar-refractivity contribution in [2.45, 2.75) is 11.9 Å². The number of rotatable bonds is 6. The molecule has 0 atom stereocenters. The maximum Gasteiger partial charge on any atom is 0.422 e. The molecule has 0 unspecified atom stereocenters. The van der Waals surface area contributed by atoms with E-state index in [0.29, 0.717) is 11.0 Å². The predicted molar refractivity (Wildman–Crippen MR) is 98.5 cm³/mol. The number of fused-ring (bicyclic) bond motifs is 1. The molecular weight excluding hydrogens is 413 g/mol. The number of carbonyl (C=O) groups is 1. The summed E-state index contributed by atoms with van der Waals surface area (Å²) in [5, 5.41) is 2.97. The van der Waals surface area contributed by atoms with Gasteiger partial charge in [-0.25, -0.2) is 13.4 Å². The Morgan fingerprint density at radius 3 is 2.55 bits per heavy atom. The number of carbonyl (C=O) groups excluding carboxylic acids is 1. The quantitative estimate of drug-likeness (QED) is 0.645. The van der Waals surface area contributed by atoms with Crippen molar-refractivity contribution in [3.05, 3.63) is 53.9 Å². The molecule has 2 aromatic heterocycles. The molecule has 11 heteroatoms. The number of para-hydroxylation sites is 1. The normalized spacial score (nSPS) is 12.1. The third-order valence-electron chi connectivity index (χ3n) is 3.69. The molecule has 0 aliphatic heterocycles. The van der Waals surface area contributed by atoms with Gasteiger partial charge in [-0.1, -0.05) is 18.2 Å². The van der Waals surface area contributed by atoms with Crippen molar-refractivity contribution in [3.63, 3.8) is 0 Å². The second-order valence-electron chi connectivity index (χ2n) is 6.22. The molecule has 3 aromatic rings. The average molecular weight is 428 g/mol.